The van der Waals surface area contributed by atoms with E-state index in [0.717, 1.165) is 17.0 Å². The van der Waals surface area contributed by atoms with Crippen LogP contribution in [0.5, 0.6) is 0 Å². The van der Waals surface area contributed by atoms with Gasteiger partial charge in [-0.1, -0.05) is 13.0 Å². The Morgan fingerprint density at radius 1 is 1.42 bits per heavy atom. The Labute approximate surface area is 116 Å². The second kappa shape index (κ2) is 7.58. The van der Waals surface area contributed by atoms with Crippen LogP contribution < -0.4 is 0 Å². The second-order valence-corrected chi connectivity index (χ2v) is 4.95. The molecule has 1 heterocycles. The average molecular weight is 277 g/mol. The predicted octanol–water partition coefficient (Wildman–Crippen LogP) is 3.17. The first-order valence-corrected chi connectivity index (χ1v) is 6.75. The summed E-state index contributed by atoms with van der Waals surface area (Å²) in [6.45, 7) is 5.34. The number of aromatic nitrogens is 1. The number of amides is 1. The molecule has 5 nitrogen and oxygen atoms in total. The molecule has 0 aliphatic heterocycles. The van der Waals surface area contributed by atoms with E-state index in [4.69, 9.17) is 0 Å². The highest BCUT2D eigenvalue weighted by Crippen LogP contribution is 2.23. The highest BCUT2D eigenvalue weighted by atomic mass is 32.2. The van der Waals surface area contributed by atoms with E-state index in [2.05, 4.69) is 15.2 Å². The molecule has 1 amide bonds. The Balaban J connectivity index is 3.15. The smallest absolute Gasteiger partial charge is 0.264 e. The third kappa shape index (κ3) is 4.40. The van der Waals surface area contributed by atoms with Gasteiger partial charge >= 0.3 is 5.91 Å². The molecule has 6 heteroatoms. The summed E-state index contributed by atoms with van der Waals surface area (Å²) in [4.78, 5) is 30.0. The van der Waals surface area contributed by atoms with Gasteiger partial charge in [-0.15, -0.1) is 16.7 Å². The number of carbonyl (C=O) groups is 1. The van der Waals surface area contributed by atoms with E-state index in [1.807, 2.05) is 26.0 Å². The molecule has 0 unspecified atom stereocenters. The quantitative estimate of drug-likeness (QED) is 0.471. The van der Waals surface area contributed by atoms with Crippen LogP contribution in [0.25, 0.3) is 0 Å². The van der Waals surface area contributed by atoms with Crippen LogP contribution in [0, 0.1) is 4.91 Å². The van der Waals surface area contributed by atoms with Gasteiger partial charge in [0.2, 0.25) is 0 Å². The summed E-state index contributed by atoms with van der Waals surface area (Å²) < 4.78 is 0. The summed E-state index contributed by atoms with van der Waals surface area (Å²) in [6.07, 6.45) is 3.38. The standard InChI is InChI=1S/C13H15N3O2S/c1-4-19-13(9(2)12(17)16-18)15-10(3)11-6-5-7-14-8-11/h5-8H,4H2,1-3H3/b13-9-,15-10+. The lowest BCUT2D eigenvalue weighted by atomic mass is 10.2. The molecule has 0 bridgehead atoms. The van der Waals surface area contributed by atoms with Crippen molar-refractivity contribution in [1.82, 2.24) is 4.98 Å². The van der Waals surface area contributed by atoms with Crippen molar-refractivity contribution in [2.45, 2.75) is 20.8 Å². The molecule has 0 radical (unpaired) electrons. The first-order chi connectivity index (χ1) is 9.10. The molecule has 0 aliphatic carbocycles. The summed E-state index contributed by atoms with van der Waals surface area (Å²) in [5.74, 6) is -0.0264. The number of rotatable bonds is 5. The van der Waals surface area contributed by atoms with E-state index in [1.54, 1.807) is 19.3 Å². The minimum atomic E-state index is -0.779. The lowest BCUT2D eigenvalue weighted by Gasteiger charge is -2.05. The normalized spacial score (nSPS) is 12.9. The van der Waals surface area contributed by atoms with Gasteiger partial charge in [0, 0.05) is 28.8 Å². The third-order valence-corrected chi connectivity index (χ3v) is 3.31. The van der Waals surface area contributed by atoms with Crippen molar-refractivity contribution in [2.24, 2.45) is 10.2 Å². The lowest BCUT2D eigenvalue weighted by Crippen LogP contribution is -2.00. The van der Waals surface area contributed by atoms with Crippen LogP contribution in [0.2, 0.25) is 0 Å². The fraction of sp³-hybridized carbons (Fsp3) is 0.308. The molecule has 1 rings (SSSR count). The maximum atomic E-state index is 11.3. The van der Waals surface area contributed by atoms with Crippen LogP contribution >= 0.6 is 11.8 Å². The number of hydrogen-bond donors (Lipinski definition) is 0. The average Bonchev–Trinajstić information content (AvgIpc) is 2.46. The van der Waals surface area contributed by atoms with Crippen LogP contribution in [0.4, 0.5) is 0 Å². The van der Waals surface area contributed by atoms with E-state index < -0.39 is 5.91 Å². The first kappa shape index (κ1) is 15.2. The highest BCUT2D eigenvalue weighted by molar-refractivity contribution is 8.03. The van der Waals surface area contributed by atoms with Crippen molar-refractivity contribution in [1.29, 1.82) is 0 Å². The van der Waals surface area contributed by atoms with E-state index in [1.165, 1.54) is 11.8 Å². The molecule has 1 aromatic rings. The van der Waals surface area contributed by atoms with Crippen molar-refractivity contribution in [3.63, 3.8) is 0 Å². The fourth-order valence-corrected chi connectivity index (χ4v) is 2.09. The number of nitrogens with zero attached hydrogens (tertiary/aromatic N) is 3. The topological polar surface area (TPSA) is 71.8 Å². The van der Waals surface area contributed by atoms with Gasteiger partial charge in [-0.3, -0.25) is 9.78 Å². The van der Waals surface area contributed by atoms with Gasteiger partial charge in [-0.25, -0.2) is 4.99 Å². The first-order valence-electron chi connectivity index (χ1n) is 5.77. The molecule has 0 N–H and O–H groups in total. The Hall–Kier alpha value is -1.82. The minimum Gasteiger partial charge on any atom is -0.264 e. The van der Waals surface area contributed by atoms with E-state index in [9.17, 15) is 9.70 Å². The summed E-state index contributed by atoms with van der Waals surface area (Å²) >= 11 is 1.40. The van der Waals surface area contributed by atoms with Gasteiger partial charge in [0.05, 0.1) is 5.57 Å². The molecule has 19 heavy (non-hydrogen) atoms. The summed E-state index contributed by atoms with van der Waals surface area (Å²) in [5, 5.41) is 2.95. The number of thioether (sulfide) groups is 1. The van der Waals surface area contributed by atoms with Gasteiger partial charge in [-0.2, -0.15) is 0 Å². The Bertz CT molecular complexity index is 524. The Kier molecular flexibility index (Phi) is 6.08. The number of carbonyl (C=O) groups excluding carboxylic acids is 1. The number of hydrogen-bond acceptors (Lipinski definition) is 5. The van der Waals surface area contributed by atoms with E-state index >= 15 is 0 Å². The third-order valence-electron chi connectivity index (χ3n) is 2.35. The van der Waals surface area contributed by atoms with Gasteiger partial charge in [-0.05, 0) is 25.7 Å². The molecule has 0 saturated heterocycles. The molecule has 0 fully saturated rings. The minimum absolute atomic E-state index is 0.269. The van der Waals surface area contributed by atoms with E-state index in [-0.39, 0.29) is 5.57 Å². The Morgan fingerprint density at radius 2 is 2.16 bits per heavy atom. The van der Waals surface area contributed by atoms with E-state index in [0.29, 0.717) is 5.03 Å². The molecular weight excluding hydrogens is 262 g/mol. The van der Waals surface area contributed by atoms with Crippen molar-refractivity contribution >= 4 is 23.4 Å². The van der Waals surface area contributed by atoms with Gasteiger partial charge in [0.1, 0.15) is 5.03 Å². The lowest BCUT2D eigenvalue weighted by molar-refractivity contribution is -0.114. The molecule has 0 aliphatic rings. The maximum Gasteiger partial charge on any atom is 0.315 e. The highest BCUT2D eigenvalue weighted by Gasteiger charge is 2.11. The molecule has 0 saturated carbocycles. The molecule has 0 aromatic carbocycles. The predicted molar refractivity (Wildman–Crippen MR) is 78.1 cm³/mol. The number of aliphatic imine (C=N–C) groups is 1. The monoisotopic (exact) mass is 277 g/mol. The summed E-state index contributed by atoms with van der Waals surface area (Å²) in [7, 11) is 0. The molecule has 0 atom stereocenters. The number of pyridine rings is 1. The van der Waals surface area contributed by atoms with Crippen LogP contribution in [-0.2, 0) is 4.79 Å². The van der Waals surface area contributed by atoms with Gasteiger partial charge in [0.25, 0.3) is 0 Å². The van der Waals surface area contributed by atoms with Crippen molar-refractivity contribution in [3.05, 3.63) is 45.6 Å². The van der Waals surface area contributed by atoms with Crippen LogP contribution in [0.1, 0.15) is 26.3 Å². The zero-order valence-electron chi connectivity index (χ0n) is 11.1. The zero-order valence-corrected chi connectivity index (χ0v) is 11.9. The number of nitroso groups, excluding NO2 is 1. The molecule has 0 spiro atoms. The Morgan fingerprint density at radius 3 is 2.68 bits per heavy atom. The molecular formula is C13H15N3O2S. The molecule has 100 valence electrons. The van der Waals surface area contributed by atoms with Crippen molar-refractivity contribution < 1.29 is 4.79 Å². The van der Waals surface area contributed by atoms with Crippen molar-refractivity contribution in [3.8, 4) is 0 Å². The van der Waals surface area contributed by atoms with Gasteiger partial charge in [0.15, 0.2) is 0 Å². The fourth-order valence-electron chi connectivity index (χ4n) is 1.31. The summed E-state index contributed by atoms with van der Waals surface area (Å²) in [6, 6.07) is 3.70. The van der Waals surface area contributed by atoms with Crippen LogP contribution in [0.3, 0.4) is 0 Å². The zero-order chi connectivity index (χ0) is 14.3. The van der Waals surface area contributed by atoms with Gasteiger partial charge < -0.3 is 0 Å². The van der Waals surface area contributed by atoms with Crippen LogP contribution in [-0.4, -0.2) is 22.4 Å². The van der Waals surface area contributed by atoms with Crippen LogP contribution in [0.15, 0.2) is 45.3 Å². The molecule has 1 aromatic heterocycles. The summed E-state index contributed by atoms with van der Waals surface area (Å²) in [5.41, 5.74) is 1.88. The second-order valence-electron chi connectivity index (χ2n) is 3.70. The maximum absolute atomic E-state index is 11.3. The largest absolute Gasteiger partial charge is 0.315 e. The SMILES string of the molecule is CCSC(/N=C(\C)c1cccnc1)=C(/C)C(=O)N=O. The van der Waals surface area contributed by atoms with Crippen molar-refractivity contribution in [2.75, 3.05) is 5.75 Å².